The molecule has 96 valence electrons. The maximum atomic E-state index is 5.69. The fourth-order valence-corrected chi connectivity index (χ4v) is 2.50. The Labute approximate surface area is 107 Å². The third-order valence-electron chi connectivity index (χ3n) is 2.95. The van der Waals surface area contributed by atoms with Crippen LogP contribution in [0.4, 0.5) is 0 Å². The van der Waals surface area contributed by atoms with Gasteiger partial charge in [-0.05, 0) is 37.7 Å². The first-order valence-corrected chi connectivity index (χ1v) is 7.66. The van der Waals surface area contributed by atoms with Crippen LogP contribution in [0.2, 0.25) is 0 Å². The third-order valence-corrected chi connectivity index (χ3v) is 3.52. The molecule has 0 bridgehead atoms. The van der Waals surface area contributed by atoms with Crippen molar-refractivity contribution in [3.05, 3.63) is 23.7 Å². The van der Waals surface area contributed by atoms with Gasteiger partial charge in [-0.25, -0.2) is 0 Å². The van der Waals surface area contributed by atoms with Gasteiger partial charge in [-0.1, -0.05) is 0 Å². The molecule has 1 aromatic heterocycles. The number of furan rings is 1. The van der Waals surface area contributed by atoms with E-state index in [9.17, 15) is 0 Å². The molecule has 3 nitrogen and oxygen atoms in total. The Bertz CT molecular complexity index is 321. The van der Waals surface area contributed by atoms with Gasteiger partial charge < -0.3 is 14.5 Å². The molecule has 0 amide bonds. The number of thioether (sulfide) groups is 1. The molecule has 1 aliphatic rings. The van der Waals surface area contributed by atoms with Gasteiger partial charge in [0.15, 0.2) is 0 Å². The smallest absolute Gasteiger partial charge is 0.118 e. The first kappa shape index (κ1) is 13.0. The maximum absolute atomic E-state index is 5.69. The van der Waals surface area contributed by atoms with E-state index in [0.717, 1.165) is 37.0 Å². The lowest BCUT2D eigenvalue weighted by Gasteiger charge is -2.22. The average Bonchev–Trinajstić information content (AvgIpc) is 2.79. The van der Waals surface area contributed by atoms with Gasteiger partial charge in [0, 0.05) is 13.2 Å². The second-order valence-electron chi connectivity index (χ2n) is 4.42. The zero-order valence-corrected chi connectivity index (χ0v) is 11.2. The van der Waals surface area contributed by atoms with E-state index in [2.05, 4.69) is 23.7 Å². The van der Waals surface area contributed by atoms with E-state index in [4.69, 9.17) is 9.15 Å². The van der Waals surface area contributed by atoms with E-state index in [1.54, 1.807) is 11.8 Å². The van der Waals surface area contributed by atoms with Gasteiger partial charge in [0.1, 0.15) is 11.5 Å². The summed E-state index contributed by atoms with van der Waals surface area (Å²) in [5, 5.41) is 3.40. The first-order chi connectivity index (χ1) is 8.38. The minimum atomic E-state index is 0.393. The Balaban J connectivity index is 1.66. The van der Waals surface area contributed by atoms with Gasteiger partial charge in [0.2, 0.25) is 0 Å². The van der Waals surface area contributed by atoms with Crippen LogP contribution in [0, 0.1) is 0 Å². The van der Waals surface area contributed by atoms with E-state index in [1.807, 2.05) is 0 Å². The molecule has 2 heterocycles. The molecule has 0 radical (unpaired) electrons. The van der Waals surface area contributed by atoms with Gasteiger partial charge >= 0.3 is 0 Å². The molecule has 1 atom stereocenters. The van der Waals surface area contributed by atoms with Crippen molar-refractivity contribution in [2.45, 2.75) is 37.7 Å². The van der Waals surface area contributed by atoms with Crippen LogP contribution in [0.3, 0.4) is 0 Å². The number of ether oxygens (including phenoxy) is 1. The monoisotopic (exact) mass is 255 g/mol. The lowest BCUT2D eigenvalue weighted by molar-refractivity contribution is 0.0165. The Morgan fingerprint density at radius 1 is 1.35 bits per heavy atom. The molecule has 2 rings (SSSR count). The average molecular weight is 255 g/mol. The molecular weight excluding hydrogens is 234 g/mol. The quantitative estimate of drug-likeness (QED) is 0.847. The molecule has 0 aromatic carbocycles. The number of nitrogens with one attached hydrogen (secondary N) is 1. The molecule has 0 saturated carbocycles. The Morgan fingerprint density at radius 2 is 2.24 bits per heavy atom. The molecule has 1 unspecified atom stereocenters. The largest absolute Gasteiger partial charge is 0.464 e. The van der Waals surface area contributed by atoms with Gasteiger partial charge in [-0.15, -0.1) is 0 Å². The van der Waals surface area contributed by atoms with E-state index in [0.29, 0.717) is 6.10 Å². The Hall–Kier alpha value is -0.450. The Morgan fingerprint density at radius 3 is 3.00 bits per heavy atom. The van der Waals surface area contributed by atoms with Crippen molar-refractivity contribution in [2.75, 3.05) is 19.4 Å². The lowest BCUT2D eigenvalue weighted by atomic mass is 10.1. The normalized spacial score (nSPS) is 20.6. The summed E-state index contributed by atoms with van der Waals surface area (Å²) >= 11 is 1.78. The fourth-order valence-electron chi connectivity index (χ4n) is 2.06. The highest BCUT2D eigenvalue weighted by molar-refractivity contribution is 7.97. The molecule has 1 aromatic rings. The summed E-state index contributed by atoms with van der Waals surface area (Å²) in [4.78, 5) is 0. The van der Waals surface area contributed by atoms with Crippen molar-refractivity contribution in [3.63, 3.8) is 0 Å². The topological polar surface area (TPSA) is 34.4 Å². The van der Waals surface area contributed by atoms with Gasteiger partial charge in [-0.2, -0.15) is 11.8 Å². The first-order valence-electron chi connectivity index (χ1n) is 6.27. The van der Waals surface area contributed by atoms with Crippen molar-refractivity contribution in [2.24, 2.45) is 0 Å². The Kier molecular flexibility index (Phi) is 5.42. The fraction of sp³-hybridized carbons (Fsp3) is 0.692. The van der Waals surface area contributed by atoms with Gasteiger partial charge in [0.05, 0.1) is 18.4 Å². The van der Waals surface area contributed by atoms with Crippen LogP contribution in [0.5, 0.6) is 0 Å². The molecule has 17 heavy (non-hydrogen) atoms. The molecule has 0 aliphatic carbocycles. The van der Waals surface area contributed by atoms with E-state index in [1.165, 1.54) is 19.3 Å². The second kappa shape index (κ2) is 7.09. The van der Waals surface area contributed by atoms with Crippen LogP contribution in [-0.4, -0.2) is 25.5 Å². The highest BCUT2D eigenvalue weighted by atomic mass is 32.2. The van der Waals surface area contributed by atoms with Crippen LogP contribution in [0.15, 0.2) is 16.5 Å². The summed E-state index contributed by atoms with van der Waals surface area (Å²) in [7, 11) is 0. The van der Waals surface area contributed by atoms with Crippen LogP contribution >= 0.6 is 11.8 Å². The number of rotatable bonds is 6. The molecule has 1 fully saturated rings. The van der Waals surface area contributed by atoms with Gasteiger partial charge in [0.25, 0.3) is 0 Å². The maximum Gasteiger partial charge on any atom is 0.118 e. The standard InChI is InChI=1S/C13H21NO2S/c1-17-10-13-6-5-12(16-13)9-14-8-11-4-2-3-7-15-11/h5-6,11,14H,2-4,7-10H2,1H3. The zero-order chi connectivity index (χ0) is 11.9. The third kappa shape index (κ3) is 4.37. The minimum absolute atomic E-state index is 0.393. The van der Waals surface area contributed by atoms with Crippen molar-refractivity contribution in [1.82, 2.24) is 5.32 Å². The molecular formula is C13H21NO2S. The van der Waals surface area contributed by atoms with Gasteiger partial charge in [-0.3, -0.25) is 0 Å². The van der Waals surface area contributed by atoms with E-state index in [-0.39, 0.29) is 0 Å². The number of hydrogen-bond donors (Lipinski definition) is 1. The minimum Gasteiger partial charge on any atom is -0.464 e. The highest BCUT2D eigenvalue weighted by Gasteiger charge is 2.13. The van der Waals surface area contributed by atoms with Crippen LogP contribution in [0.25, 0.3) is 0 Å². The second-order valence-corrected chi connectivity index (χ2v) is 5.29. The number of hydrogen-bond acceptors (Lipinski definition) is 4. The zero-order valence-electron chi connectivity index (χ0n) is 10.4. The van der Waals surface area contributed by atoms with Crippen LogP contribution in [-0.2, 0) is 17.0 Å². The van der Waals surface area contributed by atoms with E-state index >= 15 is 0 Å². The summed E-state index contributed by atoms with van der Waals surface area (Å²) in [5.41, 5.74) is 0. The van der Waals surface area contributed by atoms with Crippen molar-refractivity contribution in [1.29, 1.82) is 0 Å². The predicted octanol–water partition coefficient (Wildman–Crippen LogP) is 2.80. The van der Waals surface area contributed by atoms with Crippen molar-refractivity contribution < 1.29 is 9.15 Å². The highest BCUT2D eigenvalue weighted by Crippen LogP contribution is 2.14. The summed E-state index contributed by atoms with van der Waals surface area (Å²) in [6, 6.07) is 4.12. The summed E-state index contributed by atoms with van der Waals surface area (Å²) in [6.07, 6.45) is 6.17. The summed E-state index contributed by atoms with van der Waals surface area (Å²) < 4.78 is 11.4. The van der Waals surface area contributed by atoms with Crippen LogP contribution in [0.1, 0.15) is 30.8 Å². The predicted molar refractivity (Wildman–Crippen MR) is 71.2 cm³/mol. The van der Waals surface area contributed by atoms with Crippen molar-refractivity contribution in [3.8, 4) is 0 Å². The summed E-state index contributed by atoms with van der Waals surface area (Å²) in [6.45, 7) is 2.65. The molecule has 0 spiro atoms. The van der Waals surface area contributed by atoms with Crippen LogP contribution < -0.4 is 5.32 Å². The SMILES string of the molecule is CSCc1ccc(CNCC2CCCCO2)o1. The lowest BCUT2D eigenvalue weighted by Crippen LogP contribution is -2.31. The van der Waals surface area contributed by atoms with Crippen molar-refractivity contribution >= 4 is 11.8 Å². The molecule has 1 N–H and O–H groups in total. The molecule has 1 saturated heterocycles. The molecule has 1 aliphatic heterocycles. The molecule has 4 heteroatoms. The van der Waals surface area contributed by atoms with E-state index < -0.39 is 0 Å². The summed E-state index contributed by atoms with van der Waals surface area (Å²) in [5.74, 6) is 3.03.